The second-order valence-corrected chi connectivity index (χ2v) is 8.05. The third-order valence-electron chi connectivity index (χ3n) is 3.56. The fourth-order valence-corrected chi connectivity index (χ4v) is 3.75. The molecule has 26 heavy (non-hydrogen) atoms. The summed E-state index contributed by atoms with van der Waals surface area (Å²) in [6.07, 6.45) is 3.35. The van der Waals surface area contributed by atoms with Gasteiger partial charge in [0.1, 0.15) is 34.4 Å². The summed E-state index contributed by atoms with van der Waals surface area (Å²) in [5.41, 5.74) is 5.72. The van der Waals surface area contributed by atoms with E-state index in [4.69, 9.17) is 10.5 Å². The van der Waals surface area contributed by atoms with Gasteiger partial charge in [-0.15, -0.1) is 0 Å². The summed E-state index contributed by atoms with van der Waals surface area (Å²) in [6.45, 7) is 7.08. The molecule has 0 radical (unpaired) electrons. The minimum Gasteiger partial charge on any atom is -0.459 e. The molecular formula is C16H20N6O3S. The van der Waals surface area contributed by atoms with Gasteiger partial charge in [-0.05, 0) is 27.7 Å². The number of carbonyl (C=O) groups is 2. The van der Waals surface area contributed by atoms with Crippen LogP contribution in [0.15, 0.2) is 22.5 Å². The van der Waals surface area contributed by atoms with E-state index in [0.29, 0.717) is 10.9 Å². The van der Waals surface area contributed by atoms with E-state index in [2.05, 4.69) is 20.1 Å². The molecule has 2 atom stereocenters. The highest BCUT2D eigenvalue weighted by atomic mass is 32.2. The number of thioether (sulfide) groups is 1. The van der Waals surface area contributed by atoms with Crippen molar-refractivity contribution >= 4 is 34.4 Å². The van der Waals surface area contributed by atoms with Gasteiger partial charge in [-0.25, -0.2) is 9.97 Å². The average molecular weight is 376 g/mol. The standard InChI is InChI=1S/C16H20N6O3S/c1-8-18-5-9(6-19-8)14-20-12-11(13(17)24)21-22(15(12)26-14)7-10(23)25-16(2,3)4/h5-6,12,15H,7H2,1-4H3,(H2,17,24). The number of nitrogens with two attached hydrogens (primary N) is 1. The van der Waals surface area contributed by atoms with E-state index in [9.17, 15) is 9.59 Å². The van der Waals surface area contributed by atoms with E-state index in [0.717, 1.165) is 5.56 Å². The first-order chi connectivity index (χ1) is 12.1. The van der Waals surface area contributed by atoms with Crippen LogP contribution in [-0.2, 0) is 14.3 Å². The van der Waals surface area contributed by atoms with Gasteiger partial charge in [0, 0.05) is 18.0 Å². The Balaban J connectivity index is 1.80. The molecule has 3 rings (SSSR count). The first kappa shape index (κ1) is 18.3. The number of aromatic nitrogens is 2. The van der Waals surface area contributed by atoms with Crippen molar-refractivity contribution < 1.29 is 14.3 Å². The van der Waals surface area contributed by atoms with Crippen LogP contribution in [-0.4, -0.2) is 61.2 Å². The van der Waals surface area contributed by atoms with Crippen molar-refractivity contribution in [3.8, 4) is 0 Å². The fourth-order valence-electron chi connectivity index (χ4n) is 2.55. The molecule has 1 aromatic heterocycles. The zero-order valence-electron chi connectivity index (χ0n) is 15.0. The number of ether oxygens (including phenoxy) is 1. The summed E-state index contributed by atoms with van der Waals surface area (Å²) in [4.78, 5) is 36.8. The highest BCUT2D eigenvalue weighted by Crippen LogP contribution is 2.37. The largest absolute Gasteiger partial charge is 0.459 e. The van der Waals surface area contributed by atoms with Crippen molar-refractivity contribution in [3.63, 3.8) is 0 Å². The van der Waals surface area contributed by atoms with E-state index < -0.39 is 23.5 Å². The number of aliphatic imine (C=N–C) groups is 1. The minimum atomic E-state index is -0.655. The molecule has 0 aromatic carbocycles. The Labute approximate surface area is 155 Å². The van der Waals surface area contributed by atoms with Crippen LogP contribution < -0.4 is 5.73 Å². The molecule has 0 aliphatic carbocycles. The number of nitrogens with zero attached hydrogens (tertiary/aromatic N) is 5. The number of hydrogen-bond acceptors (Lipinski definition) is 9. The number of rotatable bonds is 4. The first-order valence-corrected chi connectivity index (χ1v) is 8.92. The molecule has 10 heteroatoms. The summed E-state index contributed by atoms with van der Waals surface area (Å²) in [6, 6.07) is -0.531. The number of aryl methyl sites for hydroxylation is 1. The predicted octanol–water partition coefficient (Wildman–Crippen LogP) is 0.472. The molecule has 1 aromatic rings. The Kier molecular flexibility index (Phi) is 4.70. The van der Waals surface area contributed by atoms with Crippen molar-refractivity contribution in [3.05, 3.63) is 23.8 Å². The monoisotopic (exact) mass is 376 g/mol. The summed E-state index contributed by atoms with van der Waals surface area (Å²) < 4.78 is 5.34. The lowest BCUT2D eigenvalue weighted by Crippen LogP contribution is -2.38. The van der Waals surface area contributed by atoms with Gasteiger partial charge in [0.25, 0.3) is 5.91 Å². The van der Waals surface area contributed by atoms with Gasteiger partial charge in [0.05, 0.1) is 0 Å². The number of primary amides is 1. The zero-order valence-corrected chi connectivity index (χ0v) is 15.8. The smallest absolute Gasteiger partial charge is 0.327 e. The topological polar surface area (TPSA) is 123 Å². The van der Waals surface area contributed by atoms with E-state index in [1.165, 1.54) is 16.8 Å². The van der Waals surface area contributed by atoms with Crippen LogP contribution in [0.4, 0.5) is 0 Å². The third kappa shape index (κ3) is 3.85. The Bertz CT molecular complexity index is 799. The second kappa shape index (κ2) is 6.67. The van der Waals surface area contributed by atoms with Crippen LogP contribution in [0.3, 0.4) is 0 Å². The average Bonchev–Trinajstić information content (AvgIpc) is 3.06. The van der Waals surface area contributed by atoms with Crippen LogP contribution in [0.1, 0.15) is 32.2 Å². The molecule has 2 unspecified atom stereocenters. The maximum absolute atomic E-state index is 12.2. The molecule has 3 heterocycles. The second-order valence-electron chi connectivity index (χ2n) is 6.94. The maximum atomic E-state index is 12.2. The van der Waals surface area contributed by atoms with Crippen molar-refractivity contribution in [2.45, 2.75) is 44.7 Å². The molecule has 2 aliphatic heterocycles. The minimum absolute atomic E-state index is 0.0879. The van der Waals surface area contributed by atoms with E-state index in [-0.39, 0.29) is 17.6 Å². The van der Waals surface area contributed by atoms with Crippen LogP contribution in [0.5, 0.6) is 0 Å². The van der Waals surface area contributed by atoms with Gasteiger partial charge in [-0.1, -0.05) is 11.8 Å². The Morgan fingerprint density at radius 1 is 1.31 bits per heavy atom. The van der Waals surface area contributed by atoms with Gasteiger partial charge in [-0.3, -0.25) is 19.6 Å². The molecule has 2 N–H and O–H groups in total. The molecule has 0 fully saturated rings. The fraction of sp³-hybridized carbons (Fsp3) is 0.500. The molecule has 0 saturated carbocycles. The summed E-state index contributed by atoms with van der Waals surface area (Å²) in [5.74, 6) is -0.431. The van der Waals surface area contributed by atoms with Crippen molar-refractivity contribution in [2.24, 2.45) is 15.8 Å². The maximum Gasteiger partial charge on any atom is 0.327 e. The van der Waals surface area contributed by atoms with Crippen LogP contribution in [0, 0.1) is 6.92 Å². The van der Waals surface area contributed by atoms with Gasteiger partial charge in [-0.2, -0.15) is 5.10 Å². The molecule has 1 amide bonds. The lowest BCUT2D eigenvalue weighted by Gasteiger charge is -2.24. The van der Waals surface area contributed by atoms with Crippen molar-refractivity contribution in [1.29, 1.82) is 0 Å². The number of carbonyl (C=O) groups excluding carboxylic acids is 2. The molecule has 9 nitrogen and oxygen atoms in total. The normalized spacial score (nSPS) is 21.9. The Morgan fingerprint density at radius 2 is 1.96 bits per heavy atom. The van der Waals surface area contributed by atoms with Crippen molar-refractivity contribution in [2.75, 3.05) is 6.54 Å². The lowest BCUT2D eigenvalue weighted by molar-refractivity contribution is -0.156. The van der Waals surface area contributed by atoms with E-state index in [1.807, 2.05) is 0 Å². The summed E-state index contributed by atoms with van der Waals surface area (Å²) >= 11 is 1.40. The molecular weight excluding hydrogens is 356 g/mol. The molecule has 0 spiro atoms. The number of hydrogen-bond donors (Lipinski definition) is 1. The Morgan fingerprint density at radius 3 is 2.54 bits per heavy atom. The first-order valence-electron chi connectivity index (χ1n) is 8.04. The van der Waals surface area contributed by atoms with Crippen molar-refractivity contribution in [1.82, 2.24) is 15.0 Å². The lowest BCUT2D eigenvalue weighted by atomic mass is 10.2. The van der Waals surface area contributed by atoms with Crippen LogP contribution >= 0.6 is 11.8 Å². The number of amides is 1. The summed E-state index contributed by atoms with van der Waals surface area (Å²) in [5, 5.41) is 6.06. The molecule has 2 aliphatic rings. The molecule has 138 valence electrons. The predicted molar refractivity (Wildman–Crippen MR) is 97.7 cm³/mol. The number of hydrazone groups is 1. The van der Waals surface area contributed by atoms with E-state index >= 15 is 0 Å². The van der Waals surface area contributed by atoms with Gasteiger partial charge < -0.3 is 10.5 Å². The third-order valence-corrected chi connectivity index (χ3v) is 4.87. The quantitative estimate of drug-likeness (QED) is 0.758. The highest BCUT2D eigenvalue weighted by Gasteiger charge is 2.46. The van der Waals surface area contributed by atoms with Crippen LogP contribution in [0.2, 0.25) is 0 Å². The van der Waals surface area contributed by atoms with E-state index in [1.54, 1.807) is 40.1 Å². The zero-order chi connectivity index (χ0) is 19.1. The highest BCUT2D eigenvalue weighted by molar-refractivity contribution is 8.15. The van der Waals surface area contributed by atoms with Crippen LogP contribution in [0.25, 0.3) is 0 Å². The number of esters is 1. The SMILES string of the molecule is Cc1ncc(C2=NC3C(C(N)=O)=NN(CC(=O)OC(C)(C)C)C3S2)cn1. The van der Waals surface area contributed by atoms with Gasteiger partial charge in [0.15, 0.2) is 5.71 Å². The molecule has 0 saturated heterocycles. The molecule has 0 bridgehead atoms. The number of fused-ring (bicyclic) bond motifs is 1. The summed E-state index contributed by atoms with van der Waals surface area (Å²) in [7, 11) is 0. The Hall–Kier alpha value is -2.49. The van der Waals surface area contributed by atoms with Gasteiger partial charge >= 0.3 is 5.97 Å². The van der Waals surface area contributed by atoms with Gasteiger partial charge in [0.2, 0.25) is 0 Å².